The van der Waals surface area contributed by atoms with Crippen LogP contribution in [0.2, 0.25) is 10.6 Å². The summed E-state index contributed by atoms with van der Waals surface area (Å²) in [5.41, 5.74) is 0. The number of rotatable bonds is 6. The molecular weight excluding hydrogens is 187 g/mol. The van der Waals surface area contributed by atoms with Crippen molar-refractivity contribution in [3.8, 4) is 0 Å². The van der Waals surface area contributed by atoms with Gasteiger partial charge in [0.05, 0.1) is 0 Å². The zero-order chi connectivity index (χ0) is 10.2. The van der Waals surface area contributed by atoms with E-state index in [9.17, 15) is 0 Å². The minimum Gasteiger partial charge on any atom is -0.501 e. The molecule has 0 bridgehead atoms. The first-order chi connectivity index (χ1) is 6.79. The lowest BCUT2D eigenvalue weighted by atomic mass is 10.1. The predicted octanol–water partition coefficient (Wildman–Crippen LogP) is 4.00. The largest absolute Gasteiger partial charge is 0.501 e. The Morgan fingerprint density at radius 3 is 2.64 bits per heavy atom. The highest BCUT2D eigenvalue weighted by atomic mass is 27.2. The second kappa shape index (κ2) is 7.74. The number of hydrogen-bond acceptors (Lipinski definition) is 1. The van der Waals surface area contributed by atoms with Crippen molar-refractivity contribution in [1.29, 1.82) is 0 Å². The van der Waals surface area contributed by atoms with Crippen LogP contribution in [-0.2, 0) is 3.79 Å². The Kier molecular flexibility index (Phi) is 6.95. The highest BCUT2D eigenvalue weighted by Crippen LogP contribution is 2.17. The molecule has 0 saturated carbocycles. The van der Waals surface area contributed by atoms with E-state index in [1.165, 1.54) is 49.1 Å². The molecule has 0 atom stereocenters. The lowest BCUT2D eigenvalue weighted by molar-refractivity contribution is 0.285. The van der Waals surface area contributed by atoms with Gasteiger partial charge in [-0.3, -0.25) is 0 Å². The summed E-state index contributed by atoms with van der Waals surface area (Å²) in [6.07, 6.45) is 8.47. The van der Waals surface area contributed by atoms with Crippen molar-refractivity contribution in [2.45, 2.75) is 62.9 Å². The van der Waals surface area contributed by atoms with Crippen LogP contribution in [0.5, 0.6) is 0 Å². The lowest BCUT2D eigenvalue weighted by Crippen LogP contribution is -2.22. The van der Waals surface area contributed by atoms with E-state index in [2.05, 4.69) is 13.8 Å². The normalized spacial score (nSPS) is 17.8. The van der Waals surface area contributed by atoms with E-state index in [1.54, 1.807) is 0 Å². The van der Waals surface area contributed by atoms with E-state index in [0.29, 0.717) is 0 Å². The molecule has 0 unspecified atom stereocenters. The third-order valence-corrected chi connectivity index (χ3v) is 5.89. The van der Waals surface area contributed by atoms with Crippen LogP contribution in [0, 0.1) is 5.92 Å². The Morgan fingerprint density at radius 1 is 1.14 bits per heavy atom. The molecule has 0 radical (unpaired) electrons. The van der Waals surface area contributed by atoms with Crippen LogP contribution in [0.3, 0.4) is 0 Å². The summed E-state index contributed by atoms with van der Waals surface area (Å²) in [5.74, 6) is 0.887. The van der Waals surface area contributed by atoms with Crippen molar-refractivity contribution in [1.82, 2.24) is 0 Å². The van der Waals surface area contributed by atoms with Gasteiger partial charge in [0, 0.05) is 6.61 Å². The van der Waals surface area contributed by atoms with Crippen LogP contribution in [0.25, 0.3) is 0 Å². The van der Waals surface area contributed by atoms with E-state index in [-0.39, 0.29) is 0 Å². The first-order valence-electron chi connectivity index (χ1n) is 6.40. The topological polar surface area (TPSA) is 9.23 Å². The Labute approximate surface area is 93.9 Å². The molecule has 0 amide bonds. The molecule has 14 heavy (non-hydrogen) atoms. The van der Waals surface area contributed by atoms with Crippen LogP contribution in [0.15, 0.2) is 0 Å². The van der Waals surface area contributed by atoms with Crippen LogP contribution >= 0.6 is 0 Å². The standard InChI is InChI=1S/C8H17.C4H8O.Al/c1-4-5-6-7-8(2)3;1-2-3-4-5;/h8H,1,4-7H2,2-3H3;1-4H2;/q;-1;+1. The Morgan fingerprint density at radius 2 is 2.00 bits per heavy atom. The Bertz CT molecular complexity index is 130. The molecule has 2 heteroatoms. The minimum absolute atomic E-state index is 0.693. The van der Waals surface area contributed by atoms with Crippen LogP contribution in [0.4, 0.5) is 0 Å². The first kappa shape index (κ1) is 12.6. The van der Waals surface area contributed by atoms with Gasteiger partial charge in [0.1, 0.15) is 0 Å². The summed E-state index contributed by atoms with van der Waals surface area (Å²) >= 11 is -0.693. The molecule has 0 aromatic rings. The molecule has 0 aromatic heterocycles. The monoisotopic (exact) mass is 212 g/mol. The molecule has 0 spiro atoms. The summed E-state index contributed by atoms with van der Waals surface area (Å²) in [7, 11) is 0. The molecule has 0 aliphatic carbocycles. The van der Waals surface area contributed by atoms with E-state index in [0.717, 1.165) is 12.5 Å². The quantitative estimate of drug-likeness (QED) is 0.477. The summed E-state index contributed by atoms with van der Waals surface area (Å²) in [4.78, 5) is 0. The fraction of sp³-hybridized carbons (Fsp3) is 1.00. The van der Waals surface area contributed by atoms with Crippen molar-refractivity contribution in [3.63, 3.8) is 0 Å². The predicted molar refractivity (Wildman–Crippen MR) is 63.9 cm³/mol. The SMILES string of the molecule is CC(C)CCCC[CH2][Al]1[CH2]CCC[O]1. The summed E-state index contributed by atoms with van der Waals surface area (Å²) in [6.45, 7) is 5.71. The van der Waals surface area contributed by atoms with Gasteiger partial charge in [-0.15, -0.1) is 0 Å². The Balaban J connectivity index is 1.87. The third kappa shape index (κ3) is 6.07. The van der Waals surface area contributed by atoms with Gasteiger partial charge >= 0.3 is 14.5 Å². The molecule has 0 N–H and O–H groups in total. The van der Waals surface area contributed by atoms with E-state index < -0.39 is 14.5 Å². The van der Waals surface area contributed by atoms with Gasteiger partial charge in [0.15, 0.2) is 0 Å². The van der Waals surface area contributed by atoms with Gasteiger partial charge < -0.3 is 3.79 Å². The fourth-order valence-electron chi connectivity index (χ4n) is 2.14. The minimum atomic E-state index is -0.693. The van der Waals surface area contributed by atoms with Gasteiger partial charge in [0.2, 0.25) is 0 Å². The van der Waals surface area contributed by atoms with Gasteiger partial charge in [-0.25, -0.2) is 0 Å². The van der Waals surface area contributed by atoms with Crippen molar-refractivity contribution in [3.05, 3.63) is 0 Å². The maximum absolute atomic E-state index is 5.84. The maximum atomic E-state index is 5.84. The molecule has 1 aliphatic heterocycles. The van der Waals surface area contributed by atoms with Gasteiger partial charge in [0.25, 0.3) is 0 Å². The molecule has 82 valence electrons. The van der Waals surface area contributed by atoms with E-state index in [4.69, 9.17) is 3.79 Å². The summed E-state index contributed by atoms with van der Waals surface area (Å²) in [5, 5.41) is 2.89. The van der Waals surface area contributed by atoms with Crippen molar-refractivity contribution < 1.29 is 3.79 Å². The molecular formula is C12H25AlO. The molecule has 1 heterocycles. The van der Waals surface area contributed by atoms with Crippen molar-refractivity contribution in [2.24, 2.45) is 5.92 Å². The fourth-order valence-corrected chi connectivity index (χ4v) is 4.75. The van der Waals surface area contributed by atoms with E-state index >= 15 is 0 Å². The lowest BCUT2D eigenvalue weighted by Gasteiger charge is -2.18. The third-order valence-electron chi connectivity index (χ3n) is 3.08. The molecule has 1 saturated heterocycles. The highest BCUT2D eigenvalue weighted by Gasteiger charge is 2.22. The highest BCUT2D eigenvalue weighted by molar-refractivity contribution is 6.51. The molecule has 0 aromatic carbocycles. The maximum Gasteiger partial charge on any atom is 0.460 e. The molecule has 1 aliphatic rings. The molecule has 1 nitrogen and oxygen atoms in total. The van der Waals surface area contributed by atoms with Crippen molar-refractivity contribution >= 4 is 14.5 Å². The zero-order valence-corrected chi connectivity index (χ0v) is 11.1. The number of hydrogen-bond donors (Lipinski definition) is 0. The smallest absolute Gasteiger partial charge is 0.460 e. The van der Waals surface area contributed by atoms with Crippen LogP contribution in [0.1, 0.15) is 52.4 Å². The second-order valence-electron chi connectivity index (χ2n) is 5.02. The summed E-state index contributed by atoms with van der Waals surface area (Å²) in [6, 6.07) is 0. The molecule has 1 fully saturated rings. The second-order valence-corrected chi connectivity index (χ2v) is 7.75. The van der Waals surface area contributed by atoms with Crippen LogP contribution in [-0.4, -0.2) is 21.1 Å². The average Bonchev–Trinajstić information content (AvgIpc) is 2.18. The van der Waals surface area contributed by atoms with Crippen LogP contribution < -0.4 is 0 Å². The van der Waals surface area contributed by atoms with E-state index in [1.807, 2.05) is 0 Å². The Hall–Kier alpha value is 0.492. The zero-order valence-electron chi connectivity index (χ0n) is 9.93. The average molecular weight is 212 g/mol. The van der Waals surface area contributed by atoms with Gasteiger partial charge in [-0.05, 0) is 12.3 Å². The first-order valence-corrected chi connectivity index (χ1v) is 8.51. The van der Waals surface area contributed by atoms with Gasteiger partial charge in [-0.1, -0.05) is 56.5 Å². The van der Waals surface area contributed by atoms with Gasteiger partial charge in [-0.2, -0.15) is 0 Å². The van der Waals surface area contributed by atoms with Crippen molar-refractivity contribution in [2.75, 3.05) is 6.61 Å². The molecule has 1 rings (SSSR count). The summed E-state index contributed by atoms with van der Waals surface area (Å²) < 4.78 is 5.84. The number of unbranched alkanes of at least 4 members (excludes halogenated alkanes) is 2.